The van der Waals surface area contributed by atoms with Crippen molar-refractivity contribution >= 4 is 0 Å². The lowest BCUT2D eigenvalue weighted by Crippen LogP contribution is -2.37. The van der Waals surface area contributed by atoms with E-state index in [0.29, 0.717) is 6.54 Å². The molecule has 1 fully saturated rings. The third-order valence-electron chi connectivity index (χ3n) is 3.77. The lowest BCUT2D eigenvalue weighted by molar-refractivity contribution is -0.0509. The monoisotopic (exact) mass is 285 g/mol. The maximum atomic E-state index is 12.4. The summed E-state index contributed by atoms with van der Waals surface area (Å²) in [4.78, 5) is 2.17. The van der Waals surface area contributed by atoms with Gasteiger partial charge in [-0.15, -0.1) is 0 Å². The molecule has 1 aliphatic rings. The van der Waals surface area contributed by atoms with Gasteiger partial charge in [-0.3, -0.25) is 4.90 Å². The number of aliphatic hydroxyl groups is 1. The highest BCUT2D eigenvalue weighted by atomic mass is 19.3. The van der Waals surface area contributed by atoms with Gasteiger partial charge < -0.3 is 9.84 Å². The van der Waals surface area contributed by atoms with Crippen molar-refractivity contribution in [1.82, 2.24) is 4.90 Å². The van der Waals surface area contributed by atoms with Crippen molar-refractivity contribution in [2.24, 2.45) is 0 Å². The molecule has 1 aromatic carbocycles. The van der Waals surface area contributed by atoms with Crippen LogP contribution >= 0.6 is 0 Å². The van der Waals surface area contributed by atoms with Gasteiger partial charge in [0.25, 0.3) is 0 Å². The average Bonchev–Trinajstić information content (AvgIpc) is 2.65. The Morgan fingerprint density at radius 2 is 2.05 bits per heavy atom. The number of halogens is 2. The van der Waals surface area contributed by atoms with Crippen LogP contribution in [0.4, 0.5) is 8.78 Å². The van der Waals surface area contributed by atoms with Gasteiger partial charge in [0.15, 0.2) is 0 Å². The van der Waals surface area contributed by atoms with Crippen LogP contribution in [0.1, 0.15) is 31.2 Å². The van der Waals surface area contributed by atoms with E-state index in [9.17, 15) is 13.9 Å². The topological polar surface area (TPSA) is 32.7 Å². The van der Waals surface area contributed by atoms with Crippen molar-refractivity contribution in [2.45, 2.75) is 44.9 Å². The lowest BCUT2D eigenvalue weighted by atomic mass is 10.1. The first-order valence-electron chi connectivity index (χ1n) is 7.08. The Morgan fingerprint density at radius 3 is 2.80 bits per heavy atom. The van der Waals surface area contributed by atoms with E-state index in [-0.39, 0.29) is 18.4 Å². The second kappa shape index (κ2) is 7.55. The van der Waals surface area contributed by atoms with Crippen LogP contribution in [-0.2, 0) is 6.54 Å². The minimum atomic E-state index is -2.81. The molecule has 0 radical (unpaired) electrons. The van der Waals surface area contributed by atoms with Crippen molar-refractivity contribution in [3.05, 3.63) is 29.8 Å². The fourth-order valence-corrected chi connectivity index (χ4v) is 2.72. The fourth-order valence-electron chi connectivity index (χ4n) is 2.72. The molecule has 5 heteroatoms. The number of ether oxygens (including phenoxy) is 1. The van der Waals surface area contributed by atoms with E-state index in [4.69, 9.17) is 0 Å². The van der Waals surface area contributed by atoms with E-state index >= 15 is 0 Å². The second-order valence-corrected chi connectivity index (χ2v) is 5.14. The third kappa shape index (κ3) is 4.15. The summed E-state index contributed by atoms with van der Waals surface area (Å²) in [6.07, 6.45) is 4.29. The molecule has 112 valence electrons. The zero-order valence-electron chi connectivity index (χ0n) is 11.5. The Labute approximate surface area is 118 Å². The molecule has 0 aromatic heterocycles. The number of likely N-dealkylation sites (tertiary alicyclic amines) is 1. The number of benzene rings is 1. The first kappa shape index (κ1) is 15.2. The molecule has 0 bridgehead atoms. The summed E-state index contributed by atoms with van der Waals surface area (Å²) in [6, 6.07) is 6.98. The van der Waals surface area contributed by atoms with Crippen molar-refractivity contribution in [3.63, 3.8) is 0 Å². The molecule has 1 aliphatic heterocycles. The van der Waals surface area contributed by atoms with Crippen LogP contribution in [0.2, 0.25) is 0 Å². The predicted octanol–water partition coefficient (Wildman–Crippen LogP) is 3.02. The Hall–Kier alpha value is -1.20. The first-order chi connectivity index (χ1) is 9.70. The molecule has 0 saturated carbocycles. The van der Waals surface area contributed by atoms with Crippen LogP contribution in [-0.4, -0.2) is 35.8 Å². The van der Waals surface area contributed by atoms with Crippen molar-refractivity contribution in [2.75, 3.05) is 13.2 Å². The van der Waals surface area contributed by atoms with E-state index in [2.05, 4.69) is 9.64 Å². The van der Waals surface area contributed by atoms with Crippen LogP contribution in [0.25, 0.3) is 0 Å². The van der Waals surface area contributed by atoms with Gasteiger partial charge in [0.1, 0.15) is 5.75 Å². The summed E-state index contributed by atoms with van der Waals surface area (Å²) in [7, 11) is 0. The van der Waals surface area contributed by atoms with Crippen molar-refractivity contribution < 1.29 is 18.6 Å². The summed E-state index contributed by atoms with van der Waals surface area (Å²) in [5.74, 6) is 0.225. The Balaban J connectivity index is 2.10. The minimum Gasteiger partial charge on any atom is -0.434 e. The number of hydrogen-bond donors (Lipinski definition) is 1. The zero-order valence-corrected chi connectivity index (χ0v) is 11.5. The molecule has 1 saturated heterocycles. The Morgan fingerprint density at radius 1 is 1.25 bits per heavy atom. The highest BCUT2D eigenvalue weighted by Gasteiger charge is 2.21. The smallest absolute Gasteiger partial charge is 0.387 e. The summed E-state index contributed by atoms with van der Waals surface area (Å²) in [5.41, 5.74) is 0.744. The molecular formula is C15H21F2NO2. The van der Waals surface area contributed by atoms with E-state index in [1.165, 1.54) is 0 Å². The summed E-state index contributed by atoms with van der Waals surface area (Å²) in [6.45, 7) is -1.28. The van der Waals surface area contributed by atoms with Crippen molar-refractivity contribution in [3.8, 4) is 5.75 Å². The van der Waals surface area contributed by atoms with E-state index < -0.39 is 6.61 Å². The van der Waals surface area contributed by atoms with E-state index in [1.807, 2.05) is 6.07 Å². The molecule has 2 rings (SSSR count). The molecule has 0 amide bonds. The minimum absolute atomic E-state index is 0.108. The van der Waals surface area contributed by atoms with Crippen LogP contribution in [0, 0.1) is 0 Å². The number of rotatable bonds is 5. The predicted molar refractivity (Wildman–Crippen MR) is 72.8 cm³/mol. The molecule has 1 aromatic rings. The summed E-state index contributed by atoms with van der Waals surface area (Å²) in [5, 5.41) is 9.49. The van der Waals surface area contributed by atoms with Gasteiger partial charge >= 0.3 is 6.61 Å². The molecule has 1 atom stereocenters. The van der Waals surface area contributed by atoms with Gasteiger partial charge in [0.2, 0.25) is 0 Å². The SMILES string of the molecule is OC[C@@H]1CCCCCN1Cc1ccccc1OC(F)F. The summed E-state index contributed by atoms with van der Waals surface area (Å²) >= 11 is 0. The molecule has 0 aliphatic carbocycles. The number of hydrogen-bond acceptors (Lipinski definition) is 3. The van der Waals surface area contributed by atoms with Crippen LogP contribution in [0.15, 0.2) is 24.3 Å². The normalized spacial score (nSPS) is 20.9. The highest BCUT2D eigenvalue weighted by Crippen LogP contribution is 2.25. The standard InChI is InChI=1S/C15H21F2NO2/c16-15(17)20-14-8-4-3-6-12(14)10-18-9-5-1-2-7-13(18)11-19/h3-4,6,8,13,15,19H,1-2,5,7,9-11H2/t13-/m0/s1. The maximum absolute atomic E-state index is 12.4. The highest BCUT2D eigenvalue weighted by molar-refractivity contribution is 5.33. The Kier molecular flexibility index (Phi) is 5.73. The Bertz CT molecular complexity index is 415. The second-order valence-electron chi connectivity index (χ2n) is 5.14. The quantitative estimate of drug-likeness (QED) is 0.902. The van der Waals surface area contributed by atoms with Gasteiger partial charge in [-0.25, -0.2) is 0 Å². The fraction of sp³-hybridized carbons (Fsp3) is 0.600. The van der Waals surface area contributed by atoms with Crippen LogP contribution in [0.3, 0.4) is 0 Å². The molecule has 20 heavy (non-hydrogen) atoms. The number of alkyl halides is 2. The largest absolute Gasteiger partial charge is 0.434 e. The molecule has 1 heterocycles. The van der Waals surface area contributed by atoms with Crippen molar-refractivity contribution in [1.29, 1.82) is 0 Å². The number of nitrogens with zero attached hydrogens (tertiary/aromatic N) is 1. The third-order valence-corrected chi connectivity index (χ3v) is 3.77. The van der Waals surface area contributed by atoms with Gasteiger partial charge in [0.05, 0.1) is 6.61 Å². The van der Waals surface area contributed by atoms with Crippen LogP contribution in [0.5, 0.6) is 5.75 Å². The van der Waals surface area contributed by atoms with Gasteiger partial charge in [-0.05, 0) is 25.5 Å². The number of para-hydroxylation sites is 1. The maximum Gasteiger partial charge on any atom is 0.387 e. The molecule has 0 unspecified atom stereocenters. The van der Waals surface area contributed by atoms with Crippen LogP contribution < -0.4 is 4.74 Å². The van der Waals surface area contributed by atoms with Gasteiger partial charge in [-0.1, -0.05) is 31.0 Å². The van der Waals surface area contributed by atoms with E-state index in [0.717, 1.165) is 37.8 Å². The average molecular weight is 285 g/mol. The summed E-state index contributed by atoms with van der Waals surface area (Å²) < 4.78 is 29.4. The molecule has 1 N–H and O–H groups in total. The molecule has 0 spiro atoms. The van der Waals surface area contributed by atoms with Gasteiger partial charge in [-0.2, -0.15) is 8.78 Å². The van der Waals surface area contributed by atoms with E-state index in [1.54, 1.807) is 18.2 Å². The molecular weight excluding hydrogens is 264 g/mol. The molecule has 3 nitrogen and oxygen atoms in total. The number of aliphatic hydroxyl groups excluding tert-OH is 1. The van der Waals surface area contributed by atoms with Gasteiger partial charge in [0, 0.05) is 18.2 Å². The lowest BCUT2D eigenvalue weighted by Gasteiger charge is -2.29. The first-order valence-corrected chi connectivity index (χ1v) is 7.08. The zero-order chi connectivity index (χ0) is 14.4.